The molecule has 0 aliphatic heterocycles. The number of nitrogens with zero attached hydrogens (tertiary/aromatic N) is 3. The van der Waals surface area contributed by atoms with E-state index >= 15 is 0 Å². The Morgan fingerprint density at radius 3 is 2.67 bits per heavy atom. The zero-order valence-electron chi connectivity index (χ0n) is 15.8. The van der Waals surface area contributed by atoms with Gasteiger partial charge in [0.15, 0.2) is 5.52 Å². The molecule has 1 N–H and O–H groups in total. The van der Waals surface area contributed by atoms with Crippen molar-refractivity contribution in [3.05, 3.63) is 40.4 Å². The first-order chi connectivity index (χ1) is 12.9. The molecule has 0 aliphatic carbocycles. The second-order valence-corrected chi connectivity index (χ2v) is 6.38. The van der Waals surface area contributed by atoms with Crippen molar-refractivity contribution in [3.8, 4) is 17.0 Å². The van der Waals surface area contributed by atoms with Gasteiger partial charge in [-0.25, -0.2) is 4.68 Å². The van der Waals surface area contributed by atoms with E-state index in [0.717, 1.165) is 16.7 Å². The number of carbonyl (C=O) groups excluding carboxylic acids is 1. The number of fused-ring (bicyclic) bond motifs is 1. The fourth-order valence-electron chi connectivity index (χ4n) is 2.75. The Hall–Kier alpha value is -3.16. The van der Waals surface area contributed by atoms with Crippen LogP contribution in [-0.2, 0) is 11.3 Å². The first-order valence-corrected chi connectivity index (χ1v) is 8.75. The van der Waals surface area contributed by atoms with Crippen molar-refractivity contribution in [2.24, 2.45) is 0 Å². The molecule has 1 atom stereocenters. The molecule has 0 radical (unpaired) electrons. The number of hydrogen-bond donors (Lipinski definition) is 1. The zero-order chi connectivity index (χ0) is 19.6. The average molecular weight is 370 g/mol. The number of benzene rings is 1. The van der Waals surface area contributed by atoms with E-state index in [1.807, 2.05) is 26.0 Å². The number of rotatable bonds is 6. The van der Waals surface area contributed by atoms with Crippen molar-refractivity contribution in [2.45, 2.75) is 39.8 Å². The van der Waals surface area contributed by atoms with Gasteiger partial charge in [0.2, 0.25) is 5.91 Å². The van der Waals surface area contributed by atoms with Crippen LogP contribution in [-0.4, -0.2) is 34.0 Å². The van der Waals surface area contributed by atoms with Crippen LogP contribution in [0.15, 0.2) is 33.6 Å². The number of nitrogens with one attached hydrogen (secondary N) is 1. The standard InChI is InChI=1S/C19H22N4O4/c1-5-11(2)20-15(24)10-23-19(25)18-16(12(3)27-22-18)17(21-23)13-6-8-14(26-4)9-7-13/h6-9,11H,5,10H2,1-4H3,(H,20,24)/t11-/m1/s1. The molecule has 0 aliphatic rings. The van der Waals surface area contributed by atoms with E-state index in [4.69, 9.17) is 9.26 Å². The van der Waals surface area contributed by atoms with Gasteiger partial charge >= 0.3 is 0 Å². The number of aryl methyl sites for hydroxylation is 1. The molecule has 27 heavy (non-hydrogen) atoms. The first kappa shape index (κ1) is 18.6. The Kier molecular flexibility index (Phi) is 5.25. The predicted molar refractivity (Wildman–Crippen MR) is 101 cm³/mol. The highest BCUT2D eigenvalue weighted by Gasteiger charge is 2.20. The molecule has 1 aromatic carbocycles. The van der Waals surface area contributed by atoms with Crippen LogP contribution >= 0.6 is 0 Å². The SMILES string of the molecule is CC[C@@H](C)NC(=O)Cn1nc(-c2ccc(OC)cc2)c2c(C)onc2c1=O. The maximum atomic E-state index is 12.7. The van der Waals surface area contributed by atoms with Crippen molar-refractivity contribution in [2.75, 3.05) is 7.11 Å². The van der Waals surface area contributed by atoms with E-state index in [0.29, 0.717) is 22.6 Å². The normalized spacial score (nSPS) is 12.1. The van der Waals surface area contributed by atoms with Crippen LogP contribution in [0.25, 0.3) is 22.2 Å². The van der Waals surface area contributed by atoms with Crippen LogP contribution in [0.2, 0.25) is 0 Å². The van der Waals surface area contributed by atoms with E-state index in [1.165, 1.54) is 0 Å². The Morgan fingerprint density at radius 1 is 1.33 bits per heavy atom. The van der Waals surface area contributed by atoms with Crippen molar-refractivity contribution < 1.29 is 14.1 Å². The quantitative estimate of drug-likeness (QED) is 0.715. The Bertz CT molecular complexity index is 1020. The molecule has 8 nitrogen and oxygen atoms in total. The highest BCUT2D eigenvalue weighted by molar-refractivity contribution is 5.93. The van der Waals surface area contributed by atoms with E-state index in [9.17, 15) is 9.59 Å². The van der Waals surface area contributed by atoms with Crippen LogP contribution in [0.1, 0.15) is 26.0 Å². The monoisotopic (exact) mass is 370 g/mol. The van der Waals surface area contributed by atoms with Crippen molar-refractivity contribution in [3.63, 3.8) is 0 Å². The number of hydrogen-bond acceptors (Lipinski definition) is 6. The number of amides is 1. The average Bonchev–Trinajstić information content (AvgIpc) is 3.06. The van der Waals surface area contributed by atoms with Gasteiger partial charge in [-0.15, -0.1) is 0 Å². The Morgan fingerprint density at radius 2 is 2.04 bits per heavy atom. The summed E-state index contributed by atoms with van der Waals surface area (Å²) in [7, 11) is 1.59. The van der Waals surface area contributed by atoms with E-state index < -0.39 is 5.56 Å². The fourth-order valence-corrected chi connectivity index (χ4v) is 2.75. The van der Waals surface area contributed by atoms with Crippen LogP contribution in [0.4, 0.5) is 0 Å². The lowest BCUT2D eigenvalue weighted by molar-refractivity contribution is -0.122. The van der Waals surface area contributed by atoms with Crippen LogP contribution < -0.4 is 15.6 Å². The van der Waals surface area contributed by atoms with Crippen molar-refractivity contribution in [1.82, 2.24) is 20.3 Å². The maximum absolute atomic E-state index is 12.7. The summed E-state index contributed by atoms with van der Waals surface area (Å²) < 4.78 is 11.5. The minimum absolute atomic E-state index is 0.0206. The molecule has 0 fully saturated rings. The zero-order valence-corrected chi connectivity index (χ0v) is 15.8. The molecule has 0 saturated carbocycles. The van der Waals surface area contributed by atoms with Gasteiger partial charge in [0.1, 0.15) is 23.7 Å². The molecule has 3 aromatic rings. The van der Waals surface area contributed by atoms with Gasteiger partial charge < -0.3 is 14.6 Å². The molecule has 0 spiro atoms. The first-order valence-electron chi connectivity index (χ1n) is 8.75. The smallest absolute Gasteiger partial charge is 0.297 e. The molecule has 1 amide bonds. The summed E-state index contributed by atoms with van der Waals surface area (Å²) in [4.78, 5) is 24.9. The van der Waals surface area contributed by atoms with Gasteiger partial charge in [-0.3, -0.25) is 9.59 Å². The topological polar surface area (TPSA) is 99.2 Å². The third-order valence-electron chi connectivity index (χ3n) is 4.43. The van der Waals surface area contributed by atoms with Gasteiger partial charge in [-0.1, -0.05) is 12.1 Å². The Labute approximate surface area is 156 Å². The Balaban J connectivity index is 2.09. The van der Waals surface area contributed by atoms with Gasteiger partial charge in [0.25, 0.3) is 5.56 Å². The third kappa shape index (κ3) is 3.69. The summed E-state index contributed by atoms with van der Waals surface area (Å²) >= 11 is 0. The highest BCUT2D eigenvalue weighted by Crippen LogP contribution is 2.28. The molecular formula is C19H22N4O4. The second-order valence-electron chi connectivity index (χ2n) is 6.38. The second kappa shape index (κ2) is 7.61. The highest BCUT2D eigenvalue weighted by atomic mass is 16.5. The van der Waals surface area contributed by atoms with Gasteiger partial charge in [0, 0.05) is 11.6 Å². The largest absolute Gasteiger partial charge is 0.497 e. The number of methoxy groups -OCH3 is 1. The molecule has 0 unspecified atom stereocenters. The summed E-state index contributed by atoms with van der Waals surface area (Å²) in [5.41, 5.74) is 0.994. The number of aromatic nitrogens is 3. The summed E-state index contributed by atoms with van der Waals surface area (Å²) in [6.07, 6.45) is 0.798. The fraction of sp³-hybridized carbons (Fsp3) is 0.368. The van der Waals surface area contributed by atoms with E-state index in [2.05, 4.69) is 15.6 Å². The number of ether oxygens (including phenoxy) is 1. The molecule has 2 heterocycles. The van der Waals surface area contributed by atoms with E-state index in [1.54, 1.807) is 26.2 Å². The molecule has 142 valence electrons. The summed E-state index contributed by atoms with van der Waals surface area (Å²) in [5.74, 6) is 0.925. The van der Waals surface area contributed by atoms with Crippen LogP contribution in [0, 0.1) is 6.92 Å². The molecular weight excluding hydrogens is 348 g/mol. The lowest BCUT2D eigenvalue weighted by atomic mass is 10.1. The minimum atomic E-state index is -0.460. The summed E-state index contributed by atoms with van der Waals surface area (Å²) in [5, 5.41) is 11.7. The molecule has 2 aromatic heterocycles. The predicted octanol–water partition coefficient (Wildman–Crippen LogP) is 2.28. The van der Waals surface area contributed by atoms with Crippen molar-refractivity contribution in [1.29, 1.82) is 0 Å². The minimum Gasteiger partial charge on any atom is -0.497 e. The summed E-state index contributed by atoms with van der Waals surface area (Å²) in [6, 6.07) is 7.29. The van der Waals surface area contributed by atoms with Gasteiger partial charge in [-0.2, -0.15) is 5.10 Å². The van der Waals surface area contributed by atoms with Gasteiger partial charge in [-0.05, 0) is 44.5 Å². The van der Waals surface area contributed by atoms with Crippen LogP contribution in [0.5, 0.6) is 5.75 Å². The molecule has 3 rings (SSSR count). The number of carbonyl (C=O) groups is 1. The van der Waals surface area contributed by atoms with Crippen LogP contribution in [0.3, 0.4) is 0 Å². The summed E-state index contributed by atoms with van der Waals surface area (Å²) in [6.45, 7) is 5.42. The van der Waals surface area contributed by atoms with Crippen molar-refractivity contribution >= 4 is 16.8 Å². The lowest BCUT2D eigenvalue weighted by Crippen LogP contribution is -2.38. The molecule has 8 heteroatoms. The van der Waals surface area contributed by atoms with Gasteiger partial charge in [0.05, 0.1) is 12.5 Å². The third-order valence-corrected chi connectivity index (χ3v) is 4.43. The molecule has 0 saturated heterocycles. The lowest BCUT2D eigenvalue weighted by Gasteiger charge is -2.13. The van der Waals surface area contributed by atoms with E-state index in [-0.39, 0.29) is 24.0 Å². The molecule has 0 bridgehead atoms. The maximum Gasteiger partial charge on any atom is 0.297 e.